The normalized spacial score (nSPS) is 12.1. The van der Waals surface area contributed by atoms with Crippen molar-refractivity contribution in [3.05, 3.63) is 61.6 Å². The number of amides is 1. The van der Waals surface area contributed by atoms with Crippen LogP contribution in [-0.4, -0.2) is 11.1 Å². The molecule has 0 aliphatic heterocycles. The van der Waals surface area contributed by atoms with E-state index in [1.54, 1.807) is 6.92 Å². The fourth-order valence-corrected chi connectivity index (χ4v) is 3.80. The Morgan fingerprint density at radius 1 is 1.40 bits per heavy atom. The molecule has 0 spiro atoms. The number of rotatable bonds is 4. The van der Waals surface area contributed by atoms with E-state index in [-0.39, 0.29) is 12.5 Å². The smallest absolute Gasteiger partial charge is 0.408 e. The van der Waals surface area contributed by atoms with Gasteiger partial charge in [0, 0.05) is 0 Å². The molecule has 1 aromatic carbocycles. The molecule has 130 valence electrons. The molecule has 2 heterocycles. The Hall–Kier alpha value is -2.19. The lowest BCUT2D eigenvalue weighted by molar-refractivity contribution is 0.134. The van der Waals surface area contributed by atoms with Gasteiger partial charge in [-0.25, -0.2) is 14.6 Å². The van der Waals surface area contributed by atoms with Crippen LogP contribution in [0.2, 0.25) is 0 Å². The molecule has 0 aliphatic rings. The van der Waals surface area contributed by atoms with Gasteiger partial charge >= 0.3 is 11.7 Å². The number of hydrogen-bond acceptors (Lipinski definition) is 6. The molecule has 0 unspecified atom stereocenters. The molecule has 0 fully saturated rings. The maximum Gasteiger partial charge on any atom is 0.408 e. The van der Waals surface area contributed by atoms with Gasteiger partial charge in [0.15, 0.2) is 0 Å². The number of ether oxygens (including phenoxy) is 1. The third-order valence-corrected chi connectivity index (χ3v) is 5.66. The van der Waals surface area contributed by atoms with Crippen molar-refractivity contribution in [3.8, 4) is 0 Å². The number of fused-ring (bicyclic) bond motifs is 1. The summed E-state index contributed by atoms with van der Waals surface area (Å²) >= 11 is 4.75. The van der Waals surface area contributed by atoms with E-state index >= 15 is 0 Å². The van der Waals surface area contributed by atoms with Crippen molar-refractivity contribution in [2.45, 2.75) is 26.5 Å². The number of aromatic nitrogens is 1. The molecule has 0 saturated carbocycles. The summed E-state index contributed by atoms with van der Waals surface area (Å²) in [5.41, 5.74) is 1.22. The number of carbonyl (C=O) groups excluding carboxylic acids is 1. The summed E-state index contributed by atoms with van der Waals surface area (Å²) in [6.07, 6.45) is -0.607. The fourth-order valence-electron chi connectivity index (χ4n) is 2.25. The van der Waals surface area contributed by atoms with Crippen LogP contribution in [0.5, 0.6) is 0 Å². The van der Waals surface area contributed by atoms with Crippen molar-refractivity contribution in [1.82, 2.24) is 10.3 Å². The average Bonchev–Trinajstić information content (AvgIpc) is 2.88. The Bertz CT molecular complexity index is 968. The highest BCUT2D eigenvalue weighted by molar-refractivity contribution is 9.11. The Morgan fingerprint density at radius 2 is 2.12 bits per heavy atom. The van der Waals surface area contributed by atoms with Gasteiger partial charge in [-0.05, 0) is 40.9 Å². The number of aryl methyl sites for hydroxylation is 1. The number of alkyl carbamates (subject to hydrolysis) is 1. The summed E-state index contributed by atoms with van der Waals surface area (Å²) in [5, 5.41) is 3.07. The molecule has 1 atom stereocenters. The van der Waals surface area contributed by atoms with Crippen molar-refractivity contribution in [2.75, 3.05) is 0 Å². The molecule has 8 heteroatoms. The van der Waals surface area contributed by atoms with E-state index in [2.05, 4.69) is 26.2 Å². The van der Waals surface area contributed by atoms with E-state index < -0.39 is 17.8 Å². The van der Waals surface area contributed by atoms with Gasteiger partial charge in [-0.2, -0.15) is 0 Å². The Balaban J connectivity index is 1.70. The lowest BCUT2D eigenvalue weighted by Crippen LogP contribution is -2.28. The second kappa shape index (κ2) is 7.37. The summed E-state index contributed by atoms with van der Waals surface area (Å²) in [5.74, 6) is 0.142. The first-order valence-electron chi connectivity index (χ1n) is 7.52. The SMILES string of the molecule is Cc1c(Br)sc2nc([C@H](C)NC(=O)OCc3ccccc3)oc(=O)c12. The monoisotopic (exact) mass is 422 g/mol. The lowest BCUT2D eigenvalue weighted by atomic mass is 10.2. The first-order valence-corrected chi connectivity index (χ1v) is 9.13. The van der Waals surface area contributed by atoms with Gasteiger partial charge in [0.05, 0.1) is 3.79 Å². The number of nitrogens with one attached hydrogen (secondary N) is 1. The number of nitrogens with zero attached hydrogens (tertiary/aromatic N) is 1. The molecule has 0 saturated heterocycles. The largest absolute Gasteiger partial charge is 0.445 e. The maximum atomic E-state index is 12.2. The summed E-state index contributed by atoms with van der Waals surface area (Å²) < 4.78 is 11.3. The Kier molecular flexibility index (Phi) is 5.19. The van der Waals surface area contributed by atoms with Crippen LogP contribution in [0.3, 0.4) is 0 Å². The third-order valence-electron chi connectivity index (χ3n) is 3.60. The minimum atomic E-state index is -0.607. The summed E-state index contributed by atoms with van der Waals surface area (Å²) in [4.78, 5) is 29.0. The number of halogens is 1. The summed E-state index contributed by atoms with van der Waals surface area (Å²) in [6, 6.07) is 8.76. The van der Waals surface area contributed by atoms with Crippen LogP contribution >= 0.6 is 27.3 Å². The van der Waals surface area contributed by atoms with E-state index in [1.165, 1.54) is 11.3 Å². The Labute approximate surface area is 156 Å². The zero-order valence-electron chi connectivity index (χ0n) is 13.5. The van der Waals surface area contributed by atoms with E-state index in [0.717, 1.165) is 14.9 Å². The van der Waals surface area contributed by atoms with Gasteiger partial charge in [0.2, 0.25) is 5.89 Å². The van der Waals surface area contributed by atoms with Crippen LogP contribution in [-0.2, 0) is 11.3 Å². The molecular formula is C17H15BrN2O4S. The maximum absolute atomic E-state index is 12.2. The predicted octanol–water partition coefficient (Wildman–Crippen LogP) is 4.31. The Morgan fingerprint density at radius 3 is 2.84 bits per heavy atom. The van der Waals surface area contributed by atoms with Gasteiger partial charge < -0.3 is 14.5 Å². The van der Waals surface area contributed by atoms with E-state index in [0.29, 0.717) is 10.2 Å². The molecular weight excluding hydrogens is 408 g/mol. The van der Waals surface area contributed by atoms with Crippen molar-refractivity contribution in [1.29, 1.82) is 0 Å². The molecule has 6 nitrogen and oxygen atoms in total. The van der Waals surface area contributed by atoms with Crippen LogP contribution in [0.1, 0.15) is 30.0 Å². The van der Waals surface area contributed by atoms with Crippen molar-refractivity contribution in [3.63, 3.8) is 0 Å². The molecule has 25 heavy (non-hydrogen) atoms. The molecule has 3 aromatic rings. The third kappa shape index (κ3) is 3.91. The van der Waals surface area contributed by atoms with Gasteiger partial charge in [-0.1, -0.05) is 30.3 Å². The molecule has 0 aliphatic carbocycles. The first kappa shape index (κ1) is 17.6. The average molecular weight is 423 g/mol. The molecule has 1 amide bonds. The minimum Gasteiger partial charge on any atom is -0.445 e. The van der Waals surface area contributed by atoms with Gasteiger partial charge in [0.1, 0.15) is 22.9 Å². The van der Waals surface area contributed by atoms with Crippen molar-refractivity contribution < 1.29 is 13.9 Å². The second-order valence-corrected chi connectivity index (χ2v) is 7.77. The zero-order chi connectivity index (χ0) is 18.0. The topological polar surface area (TPSA) is 81.4 Å². The predicted molar refractivity (Wildman–Crippen MR) is 98.8 cm³/mol. The molecule has 2 aromatic heterocycles. The number of thiophene rings is 1. The molecule has 3 rings (SSSR count). The molecule has 0 bridgehead atoms. The zero-order valence-corrected chi connectivity index (χ0v) is 15.9. The van der Waals surface area contributed by atoms with E-state index in [9.17, 15) is 9.59 Å². The standard InChI is InChI=1S/C17H15BrN2O4S/c1-9-12-15(25-13(9)18)20-14(24-16(12)21)10(2)19-17(22)23-8-11-6-4-3-5-7-11/h3-7,10H,8H2,1-2H3,(H,19,22)/t10-/m0/s1. The summed E-state index contributed by atoms with van der Waals surface area (Å²) in [6.45, 7) is 3.66. The van der Waals surface area contributed by atoms with Crippen LogP contribution < -0.4 is 10.9 Å². The lowest BCUT2D eigenvalue weighted by Gasteiger charge is -2.12. The van der Waals surface area contributed by atoms with Crippen LogP contribution in [0.4, 0.5) is 4.79 Å². The summed E-state index contributed by atoms with van der Waals surface area (Å²) in [7, 11) is 0. The van der Waals surface area contributed by atoms with Gasteiger partial charge in [0.25, 0.3) is 0 Å². The highest BCUT2D eigenvalue weighted by Gasteiger charge is 2.19. The number of hydrogen-bond donors (Lipinski definition) is 1. The quantitative estimate of drug-likeness (QED) is 0.677. The van der Waals surface area contributed by atoms with Gasteiger partial charge in [-0.15, -0.1) is 11.3 Å². The second-order valence-electron chi connectivity index (χ2n) is 5.45. The fraction of sp³-hybridized carbons (Fsp3) is 0.235. The van der Waals surface area contributed by atoms with E-state index in [4.69, 9.17) is 9.15 Å². The first-order chi connectivity index (χ1) is 12.0. The van der Waals surface area contributed by atoms with Crippen LogP contribution in [0.25, 0.3) is 10.2 Å². The number of benzene rings is 1. The molecule has 0 radical (unpaired) electrons. The highest BCUT2D eigenvalue weighted by Crippen LogP contribution is 2.32. The number of carbonyl (C=O) groups is 1. The highest BCUT2D eigenvalue weighted by atomic mass is 79.9. The van der Waals surface area contributed by atoms with Crippen molar-refractivity contribution in [2.24, 2.45) is 0 Å². The van der Waals surface area contributed by atoms with Crippen LogP contribution in [0.15, 0.2) is 43.3 Å². The van der Waals surface area contributed by atoms with Crippen LogP contribution in [0, 0.1) is 6.92 Å². The van der Waals surface area contributed by atoms with Crippen molar-refractivity contribution >= 4 is 43.6 Å². The van der Waals surface area contributed by atoms with Gasteiger partial charge in [-0.3, -0.25) is 0 Å². The molecule has 1 N–H and O–H groups in total. The minimum absolute atomic E-state index is 0.142. The van der Waals surface area contributed by atoms with E-state index in [1.807, 2.05) is 37.3 Å².